The van der Waals surface area contributed by atoms with E-state index in [2.05, 4.69) is 10.6 Å². The van der Waals surface area contributed by atoms with E-state index >= 15 is 0 Å². The van der Waals surface area contributed by atoms with Gasteiger partial charge in [0, 0.05) is 24.7 Å². The molecule has 2 aliphatic heterocycles. The summed E-state index contributed by atoms with van der Waals surface area (Å²) in [5.41, 5.74) is 4.04. The van der Waals surface area contributed by atoms with E-state index in [1.54, 1.807) is 12.1 Å². The van der Waals surface area contributed by atoms with Crippen molar-refractivity contribution in [1.29, 1.82) is 0 Å². The van der Waals surface area contributed by atoms with Crippen molar-refractivity contribution in [2.24, 2.45) is 0 Å². The van der Waals surface area contributed by atoms with Crippen LogP contribution in [-0.4, -0.2) is 35.0 Å². The molecule has 2 aromatic carbocycles. The molecule has 8 nitrogen and oxygen atoms in total. The largest absolute Gasteiger partial charge is 0.454 e. The molecule has 2 heterocycles. The van der Waals surface area contributed by atoms with Crippen molar-refractivity contribution in [3.63, 3.8) is 0 Å². The van der Waals surface area contributed by atoms with Crippen LogP contribution in [0.3, 0.4) is 0 Å². The summed E-state index contributed by atoms with van der Waals surface area (Å²) < 4.78 is 11.4. The number of ether oxygens (including phenoxy) is 2. The monoisotopic (exact) mass is 514 g/mol. The molecule has 0 saturated heterocycles. The maximum atomic E-state index is 12.3. The van der Waals surface area contributed by atoms with Crippen molar-refractivity contribution in [3.05, 3.63) is 58.7 Å². The maximum absolute atomic E-state index is 12.3. The van der Waals surface area contributed by atoms with Gasteiger partial charge in [0.25, 0.3) is 0 Å². The van der Waals surface area contributed by atoms with E-state index in [1.807, 2.05) is 24.3 Å². The zero-order chi connectivity index (χ0) is 26.5. The van der Waals surface area contributed by atoms with Crippen molar-refractivity contribution in [1.82, 2.24) is 0 Å². The van der Waals surface area contributed by atoms with Crippen molar-refractivity contribution in [2.75, 3.05) is 10.6 Å². The number of hydrogen-bond acceptors (Lipinski definition) is 6. The quantitative estimate of drug-likeness (QED) is 0.559. The van der Waals surface area contributed by atoms with Gasteiger partial charge in [-0.3, -0.25) is 9.59 Å². The van der Waals surface area contributed by atoms with E-state index in [0.717, 1.165) is 62.5 Å². The van der Waals surface area contributed by atoms with Crippen LogP contribution in [0.1, 0.15) is 97.1 Å². The molecule has 8 heteroatoms. The summed E-state index contributed by atoms with van der Waals surface area (Å²) in [5, 5.41) is 5.47. The number of nitrogens with one attached hydrogen (secondary N) is 2. The molecular formula is C30H30N2O6. The first-order valence-electron chi connectivity index (χ1n) is 13.4. The highest BCUT2D eigenvalue weighted by Gasteiger charge is 2.73. The van der Waals surface area contributed by atoms with Gasteiger partial charge in [0.1, 0.15) is 11.2 Å². The average Bonchev–Trinajstić information content (AvgIpc) is 3.69. The van der Waals surface area contributed by atoms with Crippen molar-refractivity contribution in [2.45, 2.75) is 87.2 Å². The SMILES string of the molecule is CC(=O)Nc1cccc2c1C(=O)OC1(CC1)C21CC1.CC(=O)Nc1cccc2c1C(=O)OC1(CC1)C21CC1. The fraction of sp³-hybridized carbons (Fsp3) is 0.467. The van der Waals surface area contributed by atoms with Gasteiger partial charge < -0.3 is 20.1 Å². The Morgan fingerprint density at radius 2 is 1.00 bits per heavy atom. The number of hydrogen-bond donors (Lipinski definition) is 2. The second-order valence-electron chi connectivity index (χ2n) is 11.8. The number of anilines is 2. The fourth-order valence-electron chi connectivity index (χ4n) is 7.16. The lowest BCUT2D eigenvalue weighted by Crippen LogP contribution is -2.40. The second kappa shape index (κ2) is 7.46. The Morgan fingerprint density at radius 3 is 1.29 bits per heavy atom. The summed E-state index contributed by atoms with van der Waals surface area (Å²) in [7, 11) is 0. The number of carbonyl (C=O) groups excluding carboxylic acids is 4. The molecule has 2 amide bonds. The lowest BCUT2D eigenvalue weighted by molar-refractivity contribution is -0.115. The van der Waals surface area contributed by atoms with Crippen LogP contribution in [0, 0.1) is 0 Å². The fourth-order valence-corrected chi connectivity index (χ4v) is 7.16. The van der Waals surface area contributed by atoms with Crippen LogP contribution in [0.15, 0.2) is 36.4 Å². The normalized spacial score (nSPS) is 23.7. The van der Waals surface area contributed by atoms with Crippen molar-refractivity contribution >= 4 is 35.1 Å². The molecule has 2 N–H and O–H groups in total. The van der Waals surface area contributed by atoms with Crippen LogP contribution >= 0.6 is 0 Å². The highest BCUT2D eigenvalue weighted by atomic mass is 16.6. The highest BCUT2D eigenvalue weighted by molar-refractivity contribution is 6.04. The minimum Gasteiger partial charge on any atom is -0.454 e. The van der Waals surface area contributed by atoms with E-state index in [4.69, 9.17) is 9.47 Å². The number of carbonyl (C=O) groups is 4. The molecule has 4 spiro atoms. The van der Waals surface area contributed by atoms with E-state index in [1.165, 1.54) is 13.8 Å². The summed E-state index contributed by atoms with van der Waals surface area (Å²) in [4.78, 5) is 47.1. The van der Waals surface area contributed by atoms with Gasteiger partial charge in [0.15, 0.2) is 0 Å². The number of esters is 2. The first-order valence-corrected chi connectivity index (χ1v) is 13.4. The molecule has 0 bridgehead atoms. The van der Waals surface area contributed by atoms with Gasteiger partial charge in [-0.05, 0) is 74.6 Å². The predicted molar refractivity (Wildman–Crippen MR) is 138 cm³/mol. The van der Waals surface area contributed by atoms with Crippen LogP contribution in [0.4, 0.5) is 11.4 Å². The molecule has 0 unspecified atom stereocenters. The number of rotatable bonds is 2. The molecule has 0 aromatic heterocycles. The minimum atomic E-state index is -0.283. The molecule has 38 heavy (non-hydrogen) atoms. The summed E-state index contributed by atoms with van der Waals surface area (Å²) in [6, 6.07) is 11.4. The molecule has 2 aromatic rings. The highest BCUT2D eigenvalue weighted by Crippen LogP contribution is 2.70. The molecular weight excluding hydrogens is 484 g/mol. The zero-order valence-electron chi connectivity index (χ0n) is 21.6. The second-order valence-corrected chi connectivity index (χ2v) is 11.8. The Balaban J connectivity index is 0.000000127. The molecule has 6 aliphatic rings. The molecule has 8 rings (SSSR count). The predicted octanol–water partition coefficient (Wildman–Crippen LogP) is 4.76. The zero-order valence-corrected chi connectivity index (χ0v) is 21.6. The number of benzene rings is 2. The topological polar surface area (TPSA) is 111 Å². The van der Waals surface area contributed by atoms with Crippen LogP contribution in [0.2, 0.25) is 0 Å². The number of amides is 2. The third-order valence-corrected chi connectivity index (χ3v) is 9.42. The Bertz CT molecular complexity index is 1330. The molecule has 0 radical (unpaired) electrons. The smallest absolute Gasteiger partial charge is 0.341 e. The first kappa shape index (κ1) is 23.4. The molecule has 196 valence electrons. The Morgan fingerprint density at radius 1 is 0.632 bits per heavy atom. The van der Waals surface area contributed by atoms with E-state index in [0.29, 0.717) is 22.5 Å². The summed E-state index contributed by atoms with van der Waals surface area (Å²) >= 11 is 0. The molecule has 0 atom stereocenters. The average molecular weight is 515 g/mol. The summed E-state index contributed by atoms with van der Waals surface area (Å²) in [6.45, 7) is 2.89. The molecule has 4 aliphatic carbocycles. The van der Waals surface area contributed by atoms with Crippen LogP contribution in [0.25, 0.3) is 0 Å². The van der Waals surface area contributed by atoms with Crippen LogP contribution in [-0.2, 0) is 29.9 Å². The van der Waals surface area contributed by atoms with Gasteiger partial charge >= 0.3 is 11.9 Å². The van der Waals surface area contributed by atoms with Gasteiger partial charge in [-0.1, -0.05) is 24.3 Å². The van der Waals surface area contributed by atoms with E-state index in [-0.39, 0.29) is 45.8 Å². The van der Waals surface area contributed by atoms with E-state index < -0.39 is 0 Å². The van der Waals surface area contributed by atoms with E-state index in [9.17, 15) is 19.2 Å². The lowest BCUT2D eigenvalue weighted by Gasteiger charge is -2.34. The number of fused-ring (bicyclic) bond motifs is 6. The van der Waals surface area contributed by atoms with Gasteiger partial charge in [0.2, 0.25) is 11.8 Å². The summed E-state index contributed by atoms with van der Waals surface area (Å²) in [5.74, 6) is -0.903. The first-order chi connectivity index (χ1) is 18.2. The standard InChI is InChI=1S/2C15H15NO3/c2*1-9(17)16-11-4-2-3-10-12(11)13(18)19-15(7-8-15)14(10)5-6-14/h2*2-4H,5-8H2,1H3,(H,16,17). The third-order valence-electron chi connectivity index (χ3n) is 9.42. The van der Waals surface area contributed by atoms with Crippen molar-refractivity contribution < 1.29 is 28.7 Å². The van der Waals surface area contributed by atoms with Gasteiger partial charge in [-0.15, -0.1) is 0 Å². The van der Waals surface area contributed by atoms with Crippen molar-refractivity contribution in [3.8, 4) is 0 Å². The van der Waals surface area contributed by atoms with Crippen LogP contribution < -0.4 is 10.6 Å². The maximum Gasteiger partial charge on any atom is 0.341 e. The Labute approximate surface area is 220 Å². The van der Waals surface area contributed by atoms with Gasteiger partial charge in [0.05, 0.1) is 22.5 Å². The Kier molecular flexibility index (Phi) is 4.60. The molecule has 4 saturated carbocycles. The van der Waals surface area contributed by atoms with Gasteiger partial charge in [-0.25, -0.2) is 9.59 Å². The lowest BCUT2D eigenvalue weighted by atomic mass is 9.81. The summed E-state index contributed by atoms with van der Waals surface area (Å²) in [6.07, 6.45) is 8.22. The van der Waals surface area contributed by atoms with Gasteiger partial charge in [-0.2, -0.15) is 0 Å². The minimum absolute atomic E-state index is 0.0325. The Hall–Kier alpha value is -3.68. The third kappa shape index (κ3) is 3.15. The van der Waals surface area contributed by atoms with Crippen LogP contribution in [0.5, 0.6) is 0 Å². The molecule has 4 fully saturated rings.